The highest BCUT2D eigenvalue weighted by atomic mass is 32.2. The van der Waals surface area contributed by atoms with Crippen molar-refractivity contribution in [2.24, 2.45) is 0 Å². The summed E-state index contributed by atoms with van der Waals surface area (Å²) in [5.74, 6) is 1.39. The van der Waals surface area contributed by atoms with Crippen molar-refractivity contribution >= 4 is 11.8 Å². The molecular formula is C16H13FN2OS. The van der Waals surface area contributed by atoms with E-state index in [0.717, 1.165) is 5.56 Å². The van der Waals surface area contributed by atoms with Gasteiger partial charge < -0.3 is 4.52 Å². The smallest absolute Gasteiger partial charge is 0.257 e. The number of nitrogens with zero attached hydrogens (tertiary/aromatic N) is 2. The van der Waals surface area contributed by atoms with Crippen LogP contribution in [0.3, 0.4) is 0 Å². The Morgan fingerprint density at radius 3 is 2.62 bits per heavy atom. The fourth-order valence-corrected chi connectivity index (χ4v) is 2.76. The molecule has 3 rings (SSSR count). The van der Waals surface area contributed by atoms with Gasteiger partial charge in [-0.3, -0.25) is 0 Å². The molecular weight excluding hydrogens is 287 g/mol. The zero-order valence-corrected chi connectivity index (χ0v) is 12.2. The van der Waals surface area contributed by atoms with E-state index in [1.807, 2.05) is 12.1 Å². The van der Waals surface area contributed by atoms with Crippen LogP contribution in [0.1, 0.15) is 11.4 Å². The van der Waals surface area contributed by atoms with Gasteiger partial charge in [0.1, 0.15) is 5.82 Å². The van der Waals surface area contributed by atoms with Gasteiger partial charge in [0.2, 0.25) is 0 Å². The van der Waals surface area contributed by atoms with Gasteiger partial charge in [-0.15, -0.1) is 11.8 Å². The van der Waals surface area contributed by atoms with Crippen LogP contribution in [-0.4, -0.2) is 10.1 Å². The average Bonchev–Trinajstić information content (AvgIpc) is 2.96. The first-order valence-corrected chi connectivity index (χ1v) is 7.48. The van der Waals surface area contributed by atoms with E-state index in [0.29, 0.717) is 17.5 Å². The molecule has 2 aromatic carbocycles. The van der Waals surface area contributed by atoms with Crippen LogP contribution in [0.25, 0.3) is 11.5 Å². The molecule has 1 heterocycles. The molecule has 0 bridgehead atoms. The van der Waals surface area contributed by atoms with Crippen LogP contribution in [0.5, 0.6) is 0 Å². The molecule has 0 unspecified atom stereocenters. The summed E-state index contributed by atoms with van der Waals surface area (Å²) in [6, 6.07) is 14.2. The molecule has 21 heavy (non-hydrogen) atoms. The van der Waals surface area contributed by atoms with Gasteiger partial charge in [0.15, 0.2) is 5.82 Å². The lowest BCUT2D eigenvalue weighted by molar-refractivity contribution is 0.425. The largest absolute Gasteiger partial charge is 0.334 e. The molecule has 0 aliphatic heterocycles. The van der Waals surface area contributed by atoms with Crippen molar-refractivity contribution in [2.75, 3.05) is 0 Å². The Balaban J connectivity index is 1.71. The minimum absolute atomic E-state index is 0.284. The zero-order valence-electron chi connectivity index (χ0n) is 11.4. The third-order valence-corrected chi connectivity index (χ3v) is 4.18. The predicted octanol–water partition coefficient (Wildman–Crippen LogP) is 4.48. The number of rotatable bonds is 4. The first-order valence-electron chi connectivity index (χ1n) is 6.49. The standard InChI is InChI=1S/C16H13FN2OS/c1-11-4-2-3-5-14(11)21-10-15-18-16(20-19-15)12-6-8-13(17)9-7-12/h2-9H,10H2,1H3. The highest BCUT2D eigenvalue weighted by Crippen LogP contribution is 2.26. The molecule has 0 fully saturated rings. The molecule has 0 N–H and O–H groups in total. The summed E-state index contributed by atoms with van der Waals surface area (Å²) >= 11 is 1.67. The van der Waals surface area contributed by atoms with Crippen molar-refractivity contribution in [1.29, 1.82) is 0 Å². The van der Waals surface area contributed by atoms with E-state index in [4.69, 9.17) is 4.52 Å². The third-order valence-electron chi connectivity index (χ3n) is 3.01. The normalized spacial score (nSPS) is 10.8. The number of benzene rings is 2. The van der Waals surface area contributed by atoms with E-state index < -0.39 is 0 Å². The molecule has 0 amide bonds. The van der Waals surface area contributed by atoms with Crippen molar-refractivity contribution in [3.05, 3.63) is 65.7 Å². The second-order valence-corrected chi connectivity index (χ2v) is 5.59. The molecule has 0 atom stereocenters. The molecule has 0 radical (unpaired) electrons. The number of aromatic nitrogens is 2. The molecule has 5 heteroatoms. The minimum atomic E-state index is -0.284. The first-order chi connectivity index (χ1) is 10.2. The predicted molar refractivity (Wildman–Crippen MR) is 80.4 cm³/mol. The Labute approximate surface area is 126 Å². The molecule has 0 aliphatic carbocycles. The maximum Gasteiger partial charge on any atom is 0.257 e. The third kappa shape index (κ3) is 3.31. The van der Waals surface area contributed by atoms with Gasteiger partial charge in [0.05, 0.1) is 5.75 Å². The Hall–Kier alpha value is -2.14. The van der Waals surface area contributed by atoms with Gasteiger partial charge in [-0.1, -0.05) is 23.4 Å². The zero-order chi connectivity index (χ0) is 14.7. The van der Waals surface area contributed by atoms with Crippen LogP contribution < -0.4 is 0 Å². The number of hydrogen-bond acceptors (Lipinski definition) is 4. The SMILES string of the molecule is Cc1ccccc1SCc1noc(-c2ccc(F)cc2)n1. The van der Waals surface area contributed by atoms with Crippen molar-refractivity contribution in [2.45, 2.75) is 17.6 Å². The lowest BCUT2D eigenvalue weighted by Crippen LogP contribution is -1.86. The summed E-state index contributed by atoms with van der Waals surface area (Å²) in [6.45, 7) is 2.07. The summed E-state index contributed by atoms with van der Waals surface area (Å²) in [6.07, 6.45) is 0. The summed E-state index contributed by atoms with van der Waals surface area (Å²) in [5.41, 5.74) is 1.95. The lowest BCUT2D eigenvalue weighted by atomic mass is 10.2. The molecule has 0 saturated carbocycles. The highest BCUT2D eigenvalue weighted by Gasteiger charge is 2.09. The lowest BCUT2D eigenvalue weighted by Gasteiger charge is -2.01. The van der Waals surface area contributed by atoms with Gasteiger partial charge in [0, 0.05) is 10.5 Å². The molecule has 0 aliphatic rings. The minimum Gasteiger partial charge on any atom is -0.334 e. The van der Waals surface area contributed by atoms with Gasteiger partial charge in [-0.05, 0) is 42.8 Å². The fraction of sp³-hybridized carbons (Fsp3) is 0.125. The number of halogens is 1. The van der Waals surface area contributed by atoms with Gasteiger partial charge in [0.25, 0.3) is 5.89 Å². The van der Waals surface area contributed by atoms with E-state index in [2.05, 4.69) is 29.2 Å². The molecule has 1 aromatic heterocycles. The first kappa shape index (κ1) is 13.8. The van der Waals surface area contributed by atoms with E-state index >= 15 is 0 Å². The Kier molecular flexibility index (Phi) is 4.01. The van der Waals surface area contributed by atoms with Gasteiger partial charge in [-0.25, -0.2) is 4.39 Å². The van der Waals surface area contributed by atoms with E-state index in [-0.39, 0.29) is 5.82 Å². The van der Waals surface area contributed by atoms with Crippen LogP contribution in [0.2, 0.25) is 0 Å². The average molecular weight is 300 g/mol. The Morgan fingerprint density at radius 2 is 1.86 bits per heavy atom. The number of hydrogen-bond donors (Lipinski definition) is 0. The second kappa shape index (κ2) is 6.10. The molecule has 3 aromatic rings. The van der Waals surface area contributed by atoms with Gasteiger partial charge in [-0.2, -0.15) is 4.98 Å². The van der Waals surface area contributed by atoms with Crippen LogP contribution in [-0.2, 0) is 5.75 Å². The van der Waals surface area contributed by atoms with E-state index in [9.17, 15) is 4.39 Å². The summed E-state index contributed by atoms with van der Waals surface area (Å²) in [7, 11) is 0. The van der Waals surface area contributed by atoms with Gasteiger partial charge >= 0.3 is 0 Å². The topological polar surface area (TPSA) is 38.9 Å². The van der Waals surface area contributed by atoms with Crippen molar-refractivity contribution in [3.8, 4) is 11.5 Å². The maximum absolute atomic E-state index is 12.9. The van der Waals surface area contributed by atoms with Crippen LogP contribution in [0.15, 0.2) is 57.9 Å². The quantitative estimate of drug-likeness (QED) is 0.666. The Morgan fingerprint density at radius 1 is 1.10 bits per heavy atom. The fourth-order valence-electron chi connectivity index (χ4n) is 1.88. The summed E-state index contributed by atoms with van der Waals surface area (Å²) < 4.78 is 18.1. The maximum atomic E-state index is 12.9. The number of aryl methyl sites for hydroxylation is 1. The summed E-state index contributed by atoms with van der Waals surface area (Å²) in [4.78, 5) is 5.53. The second-order valence-electron chi connectivity index (χ2n) is 4.58. The molecule has 0 spiro atoms. The van der Waals surface area contributed by atoms with Crippen molar-refractivity contribution < 1.29 is 8.91 Å². The van der Waals surface area contributed by atoms with Crippen LogP contribution in [0, 0.1) is 12.7 Å². The highest BCUT2D eigenvalue weighted by molar-refractivity contribution is 7.98. The molecule has 106 valence electrons. The van der Waals surface area contributed by atoms with Crippen molar-refractivity contribution in [1.82, 2.24) is 10.1 Å². The summed E-state index contributed by atoms with van der Waals surface area (Å²) in [5, 5.41) is 3.96. The Bertz CT molecular complexity index is 740. The van der Waals surface area contributed by atoms with E-state index in [1.165, 1.54) is 22.6 Å². The van der Waals surface area contributed by atoms with Crippen LogP contribution >= 0.6 is 11.8 Å². The van der Waals surface area contributed by atoms with Crippen molar-refractivity contribution in [3.63, 3.8) is 0 Å². The molecule has 0 saturated heterocycles. The van der Waals surface area contributed by atoms with Crippen LogP contribution in [0.4, 0.5) is 4.39 Å². The van der Waals surface area contributed by atoms with E-state index in [1.54, 1.807) is 23.9 Å². The number of thioether (sulfide) groups is 1. The molecule has 3 nitrogen and oxygen atoms in total. The monoisotopic (exact) mass is 300 g/mol.